The summed E-state index contributed by atoms with van der Waals surface area (Å²) in [4.78, 5) is 15.9. The highest BCUT2D eigenvalue weighted by Crippen LogP contribution is 2.41. The van der Waals surface area contributed by atoms with Crippen molar-refractivity contribution in [3.63, 3.8) is 0 Å². The largest absolute Gasteiger partial charge is 0.483 e. The maximum absolute atomic E-state index is 12.5. The van der Waals surface area contributed by atoms with Crippen LogP contribution < -0.4 is 14.4 Å². The quantitative estimate of drug-likeness (QED) is 0.891. The number of nitrogens with one attached hydrogen (secondary N) is 1. The molecule has 0 unspecified atom stereocenters. The minimum atomic E-state index is -0.209. The average molecular weight is 333 g/mol. The molecular weight excluding hydrogens is 304 g/mol. The van der Waals surface area contributed by atoms with Gasteiger partial charge in [-0.15, -0.1) is 0 Å². The number of likely N-dealkylation sites (N-methyl/N-ethyl adjacent to an activating group) is 1. The third-order valence-corrected chi connectivity index (χ3v) is 5.16. The van der Waals surface area contributed by atoms with E-state index in [1.165, 1.54) is 0 Å². The first-order valence-corrected chi connectivity index (χ1v) is 8.86. The highest BCUT2D eigenvalue weighted by atomic mass is 16.5. The summed E-state index contributed by atoms with van der Waals surface area (Å²) in [5, 5.41) is 0. The molecule has 0 saturated carbocycles. The maximum atomic E-state index is 12.5. The lowest BCUT2D eigenvalue weighted by molar-refractivity contribution is -0.885. The average Bonchev–Trinajstić information content (AvgIpc) is 2.87. The number of benzene rings is 1. The number of rotatable bonds is 4. The van der Waals surface area contributed by atoms with Crippen molar-refractivity contribution in [2.45, 2.75) is 44.8 Å². The molecule has 2 heterocycles. The zero-order valence-corrected chi connectivity index (χ0v) is 15.2. The predicted octanol–water partition coefficient (Wildman–Crippen LogP) is 0.914. The Morgan fingerprint density at radius 2 is 2.08 bits per heavy atom. The van der Waals surface area contributed by atoms with Crippen LogP contribution in [0.2, 0.25) is 0 Å². The zero-order chi connectivity index (χ0) is 17.3. The lowest BCUT2D eigenvalue weighted by atomic mass is 10.0. The number of amides is 1. The molecule has 0 radical (unpaired) electrons. The van der Waals surface area contributed by atoms with E-state index in [-0.39, 0.29) is 18.1 Å². The topological polar surface area (TPSA) is 43.2 Å². The van der Waals surface area contributed by atoms with Crippen LogP contribution in [-0.4, -0.2) is 56.2 Å². The van der Waals surface area contributed by atoms with Crippen molar-refractivity contribution in [2.24, 2.45) is 0 Å². The van der Waals surface area contributed by atoms with E-state index in [1.807, 2.05) is 24.1 Å². The lowest BCUT2D eigenvalue weighted by Gasteiger charge is -2.33. The molecule has 24 heavy (non-hydrogen) atoms. The second-order valence-electron chi connectivity index (χ2n) is 7.76. The number of quaternary nitrogens is 1. The molecule has 0 bridgehead atoms. The molecule has 1 saturated heterocycles. The standard InChI is InChI=1S/C19H28N2O3/c1-19(2)12-14-6-5-7-16(18(14)24-19)23-13-17(22)21(4)15-8-10-20(3)11-9-15/h5-7,15H,8-13H2,1-4H3/p+1. The molecule has 132 valence electrons. The van der Waals surface area contributed by atoms with Gasteiger partial charge in [0.15, 0.2) is 18.1 Å². The Kier molecular flexibility index (Phi) is 4.72. The first-order valence-electron chi connectivity index (χ1n) is 8.86. The zero-order valence-electron chi connectivity index (χ0n) is 15.2. The van der Waals surface area contributed by atoms with Gasteiger partial charge in [-0.25, -0.2) is 0 Å². The highest BCUT2D eigenvalue weighted by Gasteiger charge is 2.32. The van der Waals surface area contributed by atoms with Gasteiger partial charge in [-0.1, -0.05) is 12.1 Å². The second-order valence-corrected chi connectivity index (χ2v) is 7.76. The molecule has 2 aliphatic rings. The van der Waals surface area contributed by atoms with Crippen LogP contribution in [0.1, 0.15) is 32.3 Å². The minimum absolute atomic E-state index is 0.0365. The van der Waals surface area contributed by atoms with Crippen LogP contribution >= 0.6 is 0 Å². The smallest absolute Gasteiger partial charge is 0.260 e. The van der Waals surface area contributed by atoms with E-state index in [0.29, 0.717) is 11.8 Å². The SMILES string of the molecule is CN(C(=O)COc1cccc2c1OC(C)(C)C2)C1CC[NH+](C)CC1. The van der Waals surface area contributed by atoms with Gasteiger partial charge in [0.2, 0.25) is 0 Å². The normalized spacial score (nSPS) is 24.8. The van der Waals surface area contributed by atoms with E-state index in [2.05, 4.69) is 27.0 Å². The Morgan fingerprint density at radius 3 is 2.79 bits per heavy atom. The van der Waals surface area contributed by atoms with Crippen LogP contribution in [0, 0.1) is 0 Å². The number of fused-ring (bicyclic) bond motifs is 1. The molecule has 0 spiro atoms. The second kappa shape index (κ2) is 6.63. The van der Waals surface area contributed by atoms with Gasteiger partial charge in [0.1, 0.15) is 5.60 Å². The Bertz CT molecular complexity index is 607. The van der Waals surface area contributed by atoms with E-state index in [4.69, 9.17) is 9.47 Å². The summed E-state index contributed by atoms with van der Waals surface area (Å²) in [6.07, 6.45) is 2.99. The lowest BCUT2D eigenvalue weighted by Crippen LogP contribution is -3.10. The van der Waals surface area contributed by atoms with E-state index in [1.54, 1.807) is 4.90 Å². The summed E-state index contributed by atoms with van der Waals surface area (Å²) >= 11 is 0. The van der Waals surface area contributed by atoms with E-state index >= 15 is 0 Å². The van der Waals surface area contributed by atoms with Crippen molar-refractivity contribution in [1.29, 1.82) is 0 Å². The van der Waals surface area contributed by atoms with E-state index in [9.17, 15) is 4.79 Å². The summed E-state index contributed by atoms with van der Waals surface area (Å²) in [7, 11) is 4.10. The maximum Gasteiger partial charge on any atom is 0.260 e. The first kappa shape index (κ1) is 17.1. The number of likely N-dealkylation sites (tertiary alicyclic amines) is 1. The summed E-state index contributed by atoms with van der Waals surface area (Å²) in [5.41, 5.74) is 0.940. The number of carbonyl (C=O) groups excluding carboxylic acids is 1. The molecule has 2 aliphatic heterocycles. The Morgan fingerprint density at radius 1 is 1.38 bits per heavy atom. The van der Waals surface area contributed by atoms with Gasteiger partial charge in [-0.05, 0) is 19.9 Å². The third kappa shape index (κ3) is 3.66. The van der Waals surface area contributed by atoms with Gasteiger partial charge in [-0.2, -0.15) is 0 Å². The molecule has 0 atom stereocenters. The number of hydrogen-bond acceptors (Lipinski definition) is 3. The van der Waals surface area contributed by atoms with Crippen LogP contribution in [0.5, 0.6) is 11.5 Å². The first-order chi connectivity index (χ1) is 11.4. The van der Waals surface area contributed by atoms with Gasteiger partial charge < -0.3 is 19.3 Å². The van der Waals surface area contributed by atoms with Crippen LogP contribution in [0.25, 0.3) is 0 Å². The molecule has 0 aliphatic carbocycles. The van der Waals surface area contributed by atoms with Gasteiger partial charge in [0, 0.05) is 37.9 Å². The highest BCUT2D eigenvalue weighted by molar-refractivity contribution is 5.78. The minimum Gasteiger partial charge on any atom is -0.483 e. The molecule has 5 heteroatoms. The summed E-state index contributed by atoms with van der Waals surface area (Å²) in [6.45, 7) is 6.45. The molecule has 1 fully saturated rings. The molecule has 1 aromatic carbocycles. The Hall–Kier alpha value is -1.75. The number of piperidine rings is 1. The Labute approximate surface area is 144 Å². The van der Waals surface area contributed by atoms with Gasteiger partial charge in [0.05, 0.1) is 20.1 Å². The summed E-state index contributed by atoms with van der Waals surface area (Å²) in [6, 6.07) is 6.24. The van der Waals surface area contributed by atoms with Crippen LogP contribution in [0.3, 0.4) is 0 Å². The fourth-order valence-electron chi connectivity index (χ4n) is 3.63. The summed E-state index contributed by atoms with van der Waals surface area (Å²) < 4.78 is 11.8. The number of ether oxygens (including phenoxy) is 2. The molecule has 1 amide bonds. The third-order valence-electron chi connectivity index (χ3n) is 5.16. The number of para-hydroxylation sites is 1. The van der Waals surface area contributed by atoms with E-state index in [0.717, 1.165) is 43.7 Å². The monoisotopic (exact) mass is 333 g/mol. The molecular formula is C19H29N2O3+. The number of hydrogen-bond donors (Lipinski definition) is 1. The van der Waals surface area contributed by atoms with Crippen molar-refractivity contribution >= 4 is 5.91 Å². The van der Waals surface area contributed by atoms with Crippen molar-refractivity contribution in [1.82, 2.24) is 4.90 Å². The van der Waals surface area contributed by atoms with Crippen LogP contribution in [-0.2, 0) is 11.2 Å². The van der Waals surface area contributed by atoms with Crippen molar-refractivity contribution in [3.05, 3.63) is 23.8 Å². The van der Waals surface area contributed by atoms with Crippen molar-refractivity contribution < 1.29 is 19.2 Å². The fraction of sp³-hybridized carbons (Fsp3) is 0.632. The molecule has 0 aromatic heterocycles. The number of nitrogens with zero attached hydrogens (tertiary/aromatic N) is 1. The van der Waals surface area contributed by atoms with Crippen LogP contribution in [0.4, 0.5) is 0 Å². The predicted molar refractivity (Wildman–Crippen MR) is 92.8 cm³/mol. The molecule has 3 rings (SSSR count). The van der Waals surface area contributed by atoms with Gasteiger partial charge in [0.25, 0.3) is 5.91 Å². The summed E-state index contributed by atoms with van der Waals surface area (Å²) in [5.74, 6) is 1.50. The molecule has 1 aromatic rings. The van der Waals surface area contributed by atoms with Crippen molar-refractivity contribution in [3.8, 4) is 11.5 Å². The van der Waals surface area contributed by atoms with Gasteiger partial charge >= 0.3 is 0 Å². The molecule has 1 N–H and O–H groups in total. The van der Waals surface area contributed by atoms with Gasteiger partial charge in [-0.3, -0.25) is 4.79 Å². The fourth-order valence-corrected chi connectivity index (χ4v) is 3.63. The van der Waals surface area contributed by atoms with Crippen molar-refractivity contribution in [2.75, 3.05) is 33.8 Å². The molecule has 5 nitrogen and oxygen atoms in total. The van der Waals surface area contributed by atoms with E-state index < -0.39 is 0 Å². The Balaban J connectivity index is 1.59. The number of carbonyl (C=O) groups is 1. The van der Waals surface area contributed by atoms with Crippen LogP contribution in [0.15, 0.2) is 18.2 Å².